The predicted molar refractivity (Wildman–Crippen MR) is 104 cm³/mol. The zero-order chi connectivity index (χ0) is 19.0. The highest BCUT2D eigenvalue weighted by atomic mass is 19.1. The topological polar surface area (TPSA) is 73.4 Å². The molecule has 1 aromatic carbocycles. The van der Waals surface area contributed by atoms with E-state index in [0.29, 0.717) is 25.1 Å². The number of anilines is 2. The van der Waals surface area contributed by atoms with Gasteiger partial charge in [-0.1, -0.05) is 12.8 Å². The molecule has 0 spiro atoms. The Bertz CT molecular complexity index is 836. The van der Waals surface area contributed by atoms with Crippen LogP contribution in [0.25, 0.3) is 11.0 Å². The SMILES string of the molecule is CCOC(=O)C1(F)CCN(c2ccc3nc(N)n(C4CCCC4)c3c2)CC1. The summed E-state index contributed by atoms with van der Waals surface area (Å²) in [5.74, 6) is -0.162. The van der Waals surface area contributed by atoms with E-state index >= 15 is 0 Å². The molecule has 2 heterocycles. The Balaban J connectivity index is 1.56. The highest BCUT2D eigenvalue weighted by Gasteiger charge is 2.43. The maximum Gasteiger partial charge on any atom is 0.344 e. The Hall–Kier alpha value is -2.31. The van der Waals surface area contributed by atoms with E-state index in [0.717, 1.165) is 29.6 Å². The molecular weight excluding hydrogens is 347 g/mol. The van der Waals surface area contributed by atoms with Gasteiger partial charge in [0, 0.05) is 37.7 Å². The molecule has 1 aromatic heterocycles. The molecule has 2 aliphatic rings. The average molecular weight is 374 g/mol. The van der Waals surface area contributed by atoms with Gasteiger partial charge in [0.2, 0.25) is 11.6 Å². The van der Waals surface area contributed by atoms with Crippen LogP contribution in [-0.2, 0) is 9.53 Å². The van der Waals surface area contributed by atoms with E-state index in [1.54, 1.807) is 6.92 Å². The van der Waals surface area contributed by atoms with Gasteiger partial charge in [0.25, 0.3) is 0 Å². The van der Waals surface area contributed by atoms with Crippen LogP contribution in [0, 0.1) is 0 Å². The first-order valence-corrected chi connectivity index (χ1v) is 9.90. The van der Waals surface area contributed by atoms with Gasteiger partial charge in [0.15, 0.2) is 0 Å². The zero-order valence-corrected chi connectivity index (χ0v) is 15.8. The van der Waals surface area contributed by atoms with Crippen LogP contribution in [-0.4, -0.2) is 40.9 Å². The van der Waals surface area contributed by atoms with Crippen LogP contribution in [0.4, 0.5) is 16.0 Å². The number of nitrogens with two attached hydrogens (primary N) is 1. The minimum atomic E-state index is -1.87. The predicted octanol–water partition coefficient (Wildman–Crippen LogP) is 3.61. The van der Waals surface area contributed by atoms with Gasteiger partial charge < -0.3 is 19.9 Å². The van der Waals surface area contributed by atoms with Crippen molar-refractivity contribution in [1.82, 2.24) is 9.55 Å². The van der Waals surface area contributed by atoms with E-state index in [2.05, 4.69) is 20.5 Å². The number of aromatic nitrogens is 2. The molecule has 1 saturated carbocycles. The second kappa shape index (κ2) is 7.02. The number of hydrogen-bond acceptors (Lipinski definition) is 5. The summed E-state index contributed by atoms with van der Waals surface area (Å²) >= 11 is 0. The average Bonchev–Trinajstić information content (AvgIpc) is 3.28. The van der Waals surface area contributed by atoms with Gasteiger partial charge in [-0.05, 0) is 38.0 Å². The van der Waals surface area contributed by atoms with Gasteiger partial charge >= 0.3 is 5.97 Å². The van der Waals surface area contributed by atoms with E-state index in [1.807, 2.05) is 12.1 Å². The van der Waals surface area contributed by atoms with Crippen LogP contribution in [0.5, 0.6) is 0 Å². The largest absolute Gasteiger partial charge is 0.464 e. The number of halogens is 1. The fraction of sp³-hybridized carbons (Fsp3) is 0.600. The molecule has 2 aromatic rings. The Morgan fingerprint density at radius 2 is 2.04 bits per heavy atom. The molecule has 1 saturated heterocycles. The first-order valence-electron chi connectivity index (χ1n) is 9.90. The lowest BCUT2D eigenvalue weighted by Crippen LogP contribution is -2.47. The zero-order valence-electron chi connectivity index (χ0n) is 15.8. The fourth-order valence-corrected chi connectivity index (χ4v) is 4.43. The molecule has 2 fully saturated rings. The third-order valence-corrected chi connectivity index (χ3v) is 5.95. The van der Waals surface area contributed by atoms with Crippen molar-refractivity contribution in [2.45, 2.75) is 57.2 Å². The van der Waals surface area contributed by atoms with Gasteiger partial charge in [-0.25, -0.2) is 14.2 Å². The number of imidazole rings is 1. The van der Waals surface area contributed by atoms with E-state index in [-0.39, 0.29) is 19.4 Å². The summed E-state index contributed by atoms with van der Waals surface area (Å²) in [7, 11) is 0. The number of piperidine rings is 1. The van der Waals surface area contributed by atoms with Gasteiger partial charge in [-0.2, -0.15) is 0 Å². The second-order valence-corrected chi connectivity index (χ2v) is 7.62. The number of nitrogen functional groups attached to an aromatic ring is 1. The number of alkyl halides is 1. The van der Waals surface area contributed by atoms with E-state index in [4.69, 9.17) is 10.5 Å². The molecule has 6 nitrogen and oxygen atoms in total. The van der Waals surface area contributed by atoms with Crippen LogP contribution in [0.2, 0.25) is 0 Å². The fourth-order valence-electron chi connectivity index (χ4n) is 4.43. The number of benzene rings is 1. The molecule has 1 aliphatic heterocycles. The number of carbonyl (C=O) groups excluding carboxylic acids is 1. The second-order valence-electron chi connectivity index (χ2n) is 7.62. The number of esters is 1. The van der Waals surface area contributed by atoms with Crippen LogP contribution in [0.15, 0.2) is 18.2 Å². The van der Waals surface area contributed by atoms with Gasteiger partial charge in [-0.3, -0.25) is 0 Å². The van der Waals surface area contributed by atoms with Crippen molar-refractivity contribution >= 4 is 28.6 Å². The Labute approximate surface area is 158 Å². The summed E-state index contributed by atoms with van der Waals surface area (Å²) in [6.45, 7) is 2.87. The summed E-state index contributed by atoms with van der Waals surface area (Å²) in [6, 6.07) is 6.50. The van der Waals surface area contributed by atoms with Crippen molar-refractivity contribution in [3.63, 3.8) is 0 Å². The van der Waals surface area contributed by atoms with E-state index < -0.39 is 11.6 Å². The molecule has 0 amide bonds. The Morgan fingerprint density at radius 1 is 1.33 bits per heavy atom. The van der Waals surface area contributed by atoms with Gasteiger partial charge in [0.05, 0.1) is 17.6 Å². The molecule has 146 valence electrons. The van der Waals surface area contributed by atoms with Gasteiger partial charge in [0.1, 0.15) is 0 Å². The molecular formula is C20H27FN4O2. The molecule has 2 N–H and O–H groups in total. The standard InChI is InChI=1S/C20H27FN4O2/c1-2-27-18(26)20(21)9-11-24(12-10-20)15-7-8-16-17(13-15)25(19(22)23-16)14-5-3-4-6-14/h7-8,13-14H,2-6,9-12H2,1H3,(H2,22,23). The van der Waals surface area contributed by atoms with Crippen LogP contribution < -0.4 is 10.6 Å². The first-order chi connectivity index (χ1) is 13.0. The third-order valence-electron chi connectivity index (χ3n) is 5.95. The number of hydrogen-bond donors (Lipinski definition) is 1. The summed E-state index contributed by atoms with van der Waals surface area (Å²) in [6.07, 6.45) is 5.01. The summed E-state index contributed by atoms with van der Waals surface area (Å²) in [5.41, 5.74) is 7.28. The summed E-state index contributed by atoms with van der Waals surface area (Å²) in [5, 5.41) is 0. The smallest absolute Gasteiger partial charge is 0.344 e. The molecule has 7 heteroatoms. The molecule has 0 unspecified atom stereocenters. The number of ether oxygens (including phenoxy) is 1. The highest BCUT2D eigenvalue weighted by molar-refractivity contribution is 5.83. The quantitative estimate of drug-likeness (QED) is 0.828. The maximum atomic E-state index is 14.8. The van der Waals surface area contributed by atoms with Crippen LogP contribution in [0.1, 0.15) is 51.5 Å². The lowest BCUT2D eigenvalue weighted by molar-refractivity contribution is -0.158. The monoisotopic (exact) mass is 374 g/mol. The molecule has 0 atom stereocenters. The minimum absolute atomic E-state index is 0.147. The lowest BCUT2D eigenvalue weighted by Gasteiger charge is -2.36. The first kappa shape index (κ1) is 18.1. The number of rotatable bonds is 4. The van der Waals surface area contributed by atoms with Crippen molar-refractivity contribution in [3.05, 3.63) is 18.2 Å². The Kier molecular flexibility index (Phi) is 4.70. The van der Waals surface area contributed by atoms with Crippen molar-refractivity contribution in [3.8, 4) is 0 Å². The normalized spacial score (nSPS) is 20.3. The van der Waals surface area contributed by atoms with Crippen molar-refractivity contribution in [2.75, 3.05) is 30.3 Å². The van der Waals surface area contributed by atoms with Crippen molar-refractivity contribution in [2.24, 2.45) is 0 Å². The Morgan fingerprint density at radius 3 is 2.70 bits per heavy atom. The minimum Gasteiger partial charge on any atom is -0.464 e. The molecule has 0 radical (unpaired) electrons. The summed E-state index contributed by atoms with van der Waals surface area (Å²) in [4.78, 5) is 18.5. The van der Waals surface area contributed by atoms with Crippen LogP contribution >= 0.6 is 0 Å². The number of nitrogens with zero attached hydrogens (tertiary/aromatic N) is 3. The van der Waals surface area contributed by atoms with Crippen molar-refractivity contribution < 1.29 is 13.9 Å². The molecule has 27 heavy (non-hydrogen) atoms. The lowest BCUT2D eigenvalue weighted by atomic mass is 9.93. The summed E-state index contributed by atoms with van der Waals surface area (Å²) < 4.78 is 21.9. The van der Waals surface area contributed by atoms with Gasteiger partial charge in [-0.15, -0.1) is 0 Å². The maximum absolute atomic E-state index is 14.8. The molecule has 4 rings (SSSR count). The number of fused-ring (bicyclic) bond motifs is 1. The highest BCUT2D eigenvalue weighted by Crippen LogP contribution is 2.37. The van der Waals surface area contributed by atoms with E-state index in [1.165, 1.54) is 12.8 Å². The van der Waals surface area contributed by atoms with Crippen molar-refractivity contribution in [1.29, 1.82) is 0 Å². The van der Waals surface area contributed by atoms with E-state index in [9.17, 15) is 9.18 Å². The molecule has 0 bridgehead atoms. The third kappa shape index (κ3) is 3.24. The molecule has 1 aliphatic carbocycles. The van der Waals surface area contributed by atoms with Crippen LogP contribution in [0.3, 0.4) is 0 Å². The number of carbonyl (C=O) groups is 1.